The third kappa shape index (κ3) is 3.32. The predicted octanol–water partition coefficient (Wildman–Crippen LogP) is 2.68. The molecule has 0 bridgehead atoms. The number of hydrogen-bond donors (Lipinski definition) is 0. The minimum atomic E-state index is 0.199. The number of nitrogens with zero attached hydrogens (tertiary/aromatic N) is 4. The number of piperidine rings is 1. The van der Waals surface area contributed by atoms with Crippen molar-refractivity contribution >= 4 is 17.7 Å². The second-order valence-corrected chi connectivity index (χ2v) is 6.37. The van der Waals surface area contributed by atoms with E-state index in [0.717, 1.165) is 42.6 Å². The maximum absolute atomic E-state index is 12.3. The van der Waals surface area contributed by atoms with Crippen LogP contribution in [0.4, 0.5) is 0 Å². The highest BCUT2D eigenvalue weighted by molar-refractivity contribution is 7.99. The zero-order valence-corrected chi connectivity index (χ0v) is 13.6. The van der Waals surface area contributed by atoms with Gasteiger partial charge in [0.15, 0.2) is 5.16 Å². The summed E-state index contributed by atoms with van der Waals surface area (Å²) in [6.07, 6.45) is 3.48. The van der Waals surface area contributed by atoms with Crippen LogP contribution in [0.1, 0.15) is 25.1 Å². The van der Waals surface area contributed by atoms with E-state index in [1.807, 2.05) is 46.7 Å². The SMILES string of the molecule is Cc1nnc(SCC(=O)N2CCCCC2)n1-c1ccccc1. The number of para-hydroxylation sites is 1. The van der Waals surface area contributed by atoms with E-state index in [9.17, 15) is 4.79 Å². The standard InChI is InChI=1S/C16H20N4OS/c1-13-17-18-16(20(13)14-8-4-2-5-9-14)22-12-15(21)19-10-6-3-7-11-19/h2,4-5,8-9H,3,6-7,10-12H2,1H3. The lowest BCUT2D eigenvalue weighted by Crippen LogP contribution is -2.36. The highest BCUT2D eigenvalue weighted by Crippen LogP contribution is 2.22. The molecule has 1 amide bonds. The Kier molecular flexibility index (Phi) is 4.77. The number of likely N-dealkylation sites (tertiary alicyclic amines) is 1. The van der Waals surface area contributed by atoms with Crippen LogP contribution < -0.4 is 0 Å². The van der Waals surface area contributed by atoms with Crippen LogP contribution in [0.3, 0.4) is 0 Å². The quantitative estimate of drug-likeness (QED) is 0.814. The van der Waals surface area contributed by atoms with Crippen molar-refractivity contribution in [2.75, 3.05) is 18.8 Å². The van der Waals surface area contributed by atoms with Gasteiger partial charge in [-0.25, -0.2) is 0 Å². The van der Waals surface area contributed by atoms with Crippen molar-refractivity contribution in [3.05, 3.63) is 36.2 Å². The van der Waals surface area contributed by atoms with Gasteiger partial charge in [0.2, 0.25) is 5.91 Å². The summed E-state index contributed by atoms with van der Waals surface area (Å²) in [6, 6.07) is 10.00. The zero-order valence-electron chi connectivity index (χ0n) is 12.7. The first kappa shape index (κ1) is 15.1. The highest BCUT2D eigenvalue weighted by atomic mass is 32.2. The van der Waals surface area contributed by atoms with Crippen molar-refractivity contribution in [3.63, 3.8) is 0 Å². The van der Waals surface area contributed by atoms with Crippen LogP contribution in [-0.2, 0) is 4.79 Å². The van der Waals surface area contributed by atoms with Crippen molar-refractivity contribution in [2.45, 2.75) is 31.3 Å². The third-order valence-electron chi connectivity index (χ3n) is 3.84. The van der Waals surface area contributed by atoms with Gasteiger partial charge in [-0.05, 0) is 38.3 Å². The minimum Gasteiger partial charge on any atom is -0.342 e. The molecule has 0 unspecified atom stereocenters. The number of carbonyl (C=O) groups is 1. The van der Waals surface area contributed by atoms with Gasteiger partial charge in [0.25, 0.3) is 0 Å². The van der Waals surface area contributed by atoms with Crippen molar-refractivity contribution in [1.29, 1.82) is 0 Å². The van der Waals surface area contributed by atoms with Gasteiger partial charge in [0.05, 0.1) is 5.75 Å². The van der Waals surface area contributed by atoms with Crippen LogP contribution in [0.25, 0.3) is 5.69 Å². The van der Waals surface area contributed by atoms with Gasteiger partial charge >= 0.3 is 0 Å². The Labute approximate surface area is 134 Å². The number of hydrogen-bond acceptors (Lipinski definition) is 4. The molecule has 1 fully saturated rings. The molecule has 1 aromatic heterocycles. The molecule has 0 radical (unpaired) electrons. The van der Waals surface area contributed by atoms with E-state index in [4.69, 9.17) is 0 Å². The molecule has 0 saturated carbocycles. The second kappa shape index (κ2) is 6.96. The third-order valence-corrected chi connectivity index (χ3v) is 4.76. The maximum Gasteiger partial charge on any atom is 0.233 e. The average molecular weight is 316 g/mol. The summed E-state index contributed by atoms with van der Waals surface area (Å²) in [4.78, 5) is 14.2. The lowest BCUT2D eigenvalue weighted by atomic mass is 10.1. The van der Waals surface area contributed by atoms with Crippen LogP contribution in [0, 0.1) is 6.92 Å². The van der Waals surface area contributed by atoms with Crippen molar-refractivity contribution in [3.8, 4) is 5.69 Å². The van der Waals surface area contributed by atoms with E-state index in [0.29, 0.717) is 5.75 Å². The van der Waals surface area contributed by atoms with E-state index < -0.39 is 0 Å². The summed E-state index contributed by atoms with van der Waals surface area (Å²) < 4.78 is 1.99. The van der Waals surface area contributed by atoms with Crippen LogP contribution in [0.5, 0.6) is 0 Å². The Morgan fingerprint density at radius 2 is 1.86 bits per heavy atom. The summed E-state index contributed by atoms with van der Waals surface area (Å²) in [7, 11) is 0. The van der Waals surface area contributed by atoms with Crippen LogP contribution in [0.15, 0.2) is 35.5 Å². The summed E-state index contributed by atoms with van der Waals surface area (Å²) in [5.74, 6) is 1.45. The molecule has 0 atom stereocenters. The monoisotopic (exact) mass is 316 g/mol. The summed E-state index contributed by atoms with van der Waals surface area (Å²) in [5, 5.41) is 9.14. The van der Waals surface area contributed by atoms with Gasteiger partial charge in [-0.15, -0.1) is 10.2 Å². The van der Waals surface area contributed by atoms with Gasteiger partial charge in [0.1, 0.15) is 5.82 Å². The molecular weight excluding hydrogens is 296 g/mol. The van der Waals surface area contributed by atoms with Gasteiger partial charge in [-0.3, -0.25) is 9.36 Å². The molecule has 0 aliphatic carbocycles. The topological polar surface area (TPSA) is 51.0 Å². The van der Waals surface area contributed by atoms with Crippen molar-refractivity contribution in [2.24, 2.45) is 0 Å². The number of aromatic nitrogens is 3. The fourth-order valence-corrected chi connectivity index (χ4v) is 3.57. The van der Waals surface area contributed by atoms with Crippen molar-refractivity contribution in [1.82, 2.24) is 19.7 Å². The molecule has 1 aliphatic rings. The molecule has 116 valence electrons. The fraction of sp³-hybridized carbons (Fsp3) is 0.438. The Balaban J connectivity index is 1.70. The molecule has 2 heterocycles. The predicted molar refractivity (Wildman–Crippen MR) is 87.3 cm³/mol. The Morgan fingerprint density at radius 1 is 1.14 bits per heavy atom. The number of rotatable bonds is 4. The van der Waals surface area contributed by atoms with E-state index in [1.54, 1.807) is 0 Å². The maximum atomic E-state index is 12.3. The van der Waals surface area contributed by atoms with Crippen molar-refractivity contribution < 1.29 is 4.79 Å². The molecule has 0 spiro atoms. The molecule has 22 heavy (non-hydrogen) atoms. The Bertz CT molecular complexity index is 635. The fourth-order valence-electron chi connectivity index (χ4n) is 2.67. The molecule has 5 nitrogen and oxygen atoms in total. The Hall–Kier alpha value is -1.82. The summed E-state index contributed by atoms with van der Waals surface area (Å²) in [5.41, 5.74) is 1.03. The molecule has 1 aliphatic heterocycles. The first-order chi connectivity index (χ1) is 10.8. The molecule has 3 rings (SSSR count). The molecule has 2 aromatic rings. The van der Waals surface area contributed by atoms with Crippen LogP contribution >= 0.6 is 11.8 Å². The van der Waals surface area contributed by atoms with Gasteiger partial charge < -0.3 is 4.90 Å². The molecule has 0 N–H and O–H groups in total. The first-order valence-corrected chi connectivity index (χ1v) is 8.62. The second-order valence-electron chi connectivity index (χ2n) is 5.43. The number of carbonyl (C=O) groups excluding carboxylic acids is 1. The highest BCUT2D eigenvalue weighted by Gasteiger charge is 2.18. The average Bonchev–Trinajstić information content (AvgIpc) is 2.95. The van der Waals surface area contributed by atoms with E-state index in [1.165, 1.54) is 18.2 Å². The minimum absolute atomic E-state index is 0.199. The smallest absolute Gasteiger partial charge is 0.233 e. The van der Waals surface area contributed by atoms with Gasteiger partial charge in [-0.2, -0.15) is 0 Å². The molecular formula is C16H20N4OS. The molecule has 6 heteroatoms. The first-order valence-electron chi connectivity index (χ1n) is 7.64. The van der Waals surface area contributed by atoms with Crippen LogP contribution in [0.2, 0.25) is 0 Å². The Morgan fingerprint density at radius 3 is 2.59 bits per heavy atom. The normalized spacial score (nSPS) is 15.0. The van der Waals surface area contributed by atoms with E-state index in [-0.39, 0.29) is 5.91 Å². The summed E-state index contributed by atoms with van der Waals surface area (Å²) >= 11 is 1.46. The number of thioether (sulfide) groups is 1. The molecule has 1 saturated heterocycles. The number of amides is 1. The lowest BCUT2D eigenvalue weighted by Gasteiger charge is -2.26. The van der Waals surface area contributed by atoms with E-state index >= 15 is 0 Å². The summed E-state index contributed by atoms with van der Waals surface area (Å²) in [6.45, 7) is 3.71. The van der Waals surface area contributed by atoms with Gasteiger partial charge in [0, 0.05) is 18.8 Å². The number of aryl methyl sites for hydroxylation is 1. The zero-order chi connectivity index (χ0) is 15.4. The molecule has 1 aromatic carbocycles. The van der Waals surface area contributed by atoms with E-state index in [2.05, 4.69) is 10.2 Å². The number of benzene rings is 1. The van der Waals surface area contributed by atoms with Gasteiger partial charge in [-0.1, -0.05) is 30.0 Å². The lowest BCUT2D eigenvalue weighted by molar-refractivity contribution is -0.129. The van der Waals surface area contributed by atoms with Crippen LogP contribution in [-0.4, -0.2) is 44.4 Å². The largest absolute Gasteiger partial charge is 0.342 e.